The number of rotatable bonds is 1. The van der Waals surface area contributed by atoms with Crippen LogP contribution in [0.3, 0.4) is 0 Å². The first kappa shape index (κ1) is 11.8. The van der Waals surface area contributed by atoms with E-state index in [0.29, 0.717) is 22.6 Å². The van der Waals surface area contributed by atoms with Crippen molar-refractivity contribution >= 4 is 28.2 Å². The third kappa shape index (κ3) is 1.61. The van der Waals surface area contributed by atoms with Gasteiger partial charge < -0.3 is 4.57 Å². The molecule has 6 heteroatoms. The average Bonchev–Trinajstić information content (AvgIpc) is 2.84. The molecular formula is C13H9ClN4O. The van der Waals surface area contributed by atoms with Crippen LogP contribution in [0.1, 0.15) is 12.6 Å². The molecule has 0 aliphatic carbocycles. The lowest BCUT2D eigenvalue weighted by molar-refractivity contribution is 0.771. The van der Waals surface area contributed by atoms with E-state index in [2.05, 4.69) is 5.10 Å². The summed E-state index contributed by atoms with van der Waals surface area (Å²) in [5, 5.41) is 13.9. The van der Waals surface area contributed by atoms with Crippen molar-refractivity contribution in [2.45, 2.75) is 13.5 Å². The predicted octanol–water partition coefficient (Wildman–Crippen LogP) is 2.19. The molecule has 3 rings (SSSR count). The molecule has 0 N–H and O–H groups in total. The topological polar surface area (TPSA) is 63.1 Å². The molecule has 0 bridgehead atoms. The molecule has 5 nitrogen and oxygen atoms in total. The van der Waals surface area contributed by atoms with Gasteiger partial charge in [0.15, 0.2) is 5.69 Å². The fourth-order valence-corrected chi connectivity index (χ4v) is 2.42. The molecule has 0 aliphatic heterocycles. The number of hydrogen-bond acceptors (Lipinski definition) is 3. The SMILES string of the molecule is CCn1c2ccc(Cl)cc2c(=O)n2nc(C#N)cc12. The molecule has 1 aromatic carbocycles. The third-order valence-electron chi connectivity index (χ3n) is 3.07. The number of nitriles is 1. The van der Waals surface area contributed by atoms with Crippen LogP contribution in [0.25, 0.3) is 16.6 Å². The molecular weight excluding hydrogens is 264 g/mol. The largest absolute Gasteiger partial charge is 0.326 e. The molecule has 2 aromatic heterocycles. The summed E-state index contributed by atoms with van der Waals surface area (Å²) in [4.78, 5) is 12.4. The number of fused-ring (bicyclic) bond motifs is 2. The molecule has 3 aromatic rings. The zero-order valence-corrected chi connectivity index (χ0v) is 10.8. The Labute approximate surface area is 113 Å². The molecule has 0 amide bonds. The summed E-state index contributed by atoms with van der Waals surface area (Å²) >= 11 is 5.94. The molecule has 0 atom stereocenters. The van der Waals surface area contributed by atoms with E-state index in [0.717, 1.165) is 5.52 Å². The van der Waals surface area contributed by atoms with Gasteiger partial charge in [-0.05, 0) is 25.1 Å². The fraction of sp³-hybridized carbons (Fsp3) is 0.154. The van der Waals surface area contributed by atoms with Crippen LogP contribution in [0.4, 0.5) is 0 Å². The average molecular weight is 273 g/mol. The minimum atomic E-state index is -0.265. The van der Waals surface area contributed by atoms with Crippen LogP contribution in [0.15, 0.2) is 29.1 Å². The van der Waals surface area contributed by atoms with Crippen molar-refractivity contribution in [1.82, 2.24) is 14.2 Å². The van der Waals surface area contributed by atoms with E-state index >= 15 is 0 Å². The maximum Gasteiger partial charge on any atom is 0.282 e. The van der Waals surface area contributed by atoms with Crippen molar-refractivity contribution < 1.29 is 0 Å². The maximum absolute atomic E-state index is 12.4. The van der Waals surface area contributed by atoms with Crippen LogP contribution in [-0.2, 0) is 6.54 Å². The summed E-state index contributed by atoms with van der Waals surface area (Å²) in [6.07, 6.45) is 0. The van der Waals surface area contributed by atoms with Crippen molar-refractivity contribution in [3.63, 3.8) is 0 Å². The Morgan fingerprint density at radius 2 is 2.21 bits per heavy atom. The van der Waals surface area contributed by atoms with Gasteiger partial charge in [-0.1, -0.05) is 11.6 Å². The van der Waals surface area contributed by atoms with Crippen molar-refractivity contribution in [2.24, 2.45) is 0 Å². The summed E-state index contributed by atoms with van der Waals surface area (Å²) in [6.45, 7) is 2.63. The monoisotopic (exact) mass is 272 g/mol. The number of halogens is 1. The number of benzene rings is 1. The second kappa shape index (κ2) is 4.11. The lowest BCUT2D eigenvalue weighted by Gasteiger charge is -2.10. The van der Waals surface area contributed by atoms with Gasteiger partial charge in [0.2, 0.25) is 0 Å². The standard InChI is InChI=1S/C13H9ClN4O/c1-2-17-11-4-3-8(14)5-10(11)13(19)18-12(17)6-9(7-15)16-18/h3-6H,2H2,1H3. The molecule has 0 saturated heterocycles. The van der Waals surface area contributed by atoms with Crippen LogP contribution >= 0.6 is 11.6 Å². The molecule has 0 aliphatic rings. The summed E-state index contributed by atoms with van der Waals surface area (Å²) in [5.41, 5.74) is 1.35. The van der Waals surface area contributed by atoms with Crippen LogP contribution in [0.2, 0.25) is 5.02 Å². The van der Waals surface area contributed by atoms with Crippen molar-refractivity contribution in [1.29, 1.82) is 5.26 Å². The molecule has 0 unspecified atom stereocenters. The van der Waals surface area contributed by atoms with E-state index in [1.807, 2.05) is 23.6 Å². The van der Waals surface area contributed by atoms with Gasteiger partial charge in [-0.2, -0.15) is 14.9 Å². The number of nitrogens with zero attached hydrogens (tertiary/aromatic N) is 4. The van der Waals surface area contributed by atoms with E-state index in [9.17, 15) is 4.79 Å². The molecule has 0 saturated carbocycles. The first-order valence-electron chi connectivity index (χ1n) is 5.77. The Morgan fingerprint density at radius 1 is 1.42 bits per heavy atom. The van der Waals surface area contributed by atoms with Crippen LogP contribution in [0, 0.1) is 11.3 Å². The number of hydrogen-bond donors (Lipinski definition) is 0. The van der Waals surface area contributed by atoms with Crippen molar-refractivity contribution in [2.75, 3.05) is 0 Å². The van der Waals surface area contributed by atoms with Gasteiger partial charge in [-0.3, -0.25) is 4.79 Å². The van der Waals surface area contributed by atoms with Crippen molar-refractivity contribution in [3.05, 3.63) is 45.3 Å². The Kier molecular flexibility index (Phi) is 2.54. The highest BCUT2D eigenvalue weighted by Crippen LogP contribution is 2.19. The van der Waals surface area contributed by atoms with Gasteiger partial charge in [0.25, 0.3) is 5.56 Å². The maximum atomic E-state index is 12.4. The smallest absolute Gasteiger partial charge is 0.282 e. The highest BCUT2D eigenvalue weighted by Gasteiger charge is 2.12. The normalized spacial score (nSPS) is 11.0. The van der Waals surface area contributed by atoms with E-state index in [1.54, 1.807) is 18.2 Å². The summed E-state index contributed by atoms with van der Waals surface area (Å²) in [7, 11) is 0. The van der Waals surface area contributed by atoms with E-state index in [1.165, 1.54) is 4.52 Å². The lowest BCUT2D eigenvalue weighted by Crippen LogP contribution is -2.19. The zero-order chi connectivity index (χ0) is 13.6. The Morgan fingerprint density at radius 3 is 2.89 bits per heavy atom. The molecule has 0 spiro atoms. The molecule has 94 valence electrons. The quantitative estimate of drug-likeness (QED) is 0.682. The highest BCUT2D eigenvalue weighted by atomic mass is 35.5. The molecule has 2 heterocycles. The first-order chi connectivity index (χ1) is 9.15. The van der Waals surface area contributed by atoms with Gasteiger partial charge in [0.05, 0.1) is 10.9 Å². The fourth-order valence-electron chi connectivity index (χ4n) is 2.25. The summed E-state index contributed by atoms with van der Waals surface area (Å²) in [6, 6.07) is 8.74. The zero-order valence-electron chi connectivity index (χ0n) is 10.1. The summed E-state index contributed by atoms with van der Waals surface area (Å²) in [5.74, 6) is 0. The van der Waals surface area contributed by atoms with Gasteiger partial charge in [0, 0.05) is 17.6 Å². The van der Waals surface area contributed by atoms with Gasteiger partial charge >= 0.3 is 0 Å². The Bertz CT molecular complexity index is 901. The van der Waals surface area contributed by atoms with Crippen LogP contribution < -0.4 is 5.56 Å². The van der Waals surface area contributed by atoms with Crippen molar-refractivity contribution in [3.8, 4) is 6.07 Å². The predicted molar refractivity (Wildman–Crippen MR) is 72.4 cm³/mol. The Balaban J connectivity index is 2.62. The minimum absolute atomic E-state index is 0.223. The number of aryl methyl sites for hydroxylation is 1. The lowest BCUT2D eigenvalue weighted by atomic mass is 10.2. The van der Waals surface area contributed by atoms with E-state index < -0.39 is 0 Å². The minimum Gasteiger partial charge on any atom is -0.326 e. The second-order valence-corrected chi connectivity index (χ2v) is 4.56. The highest BCUT2D eigenvalue weighted by molar-refractivity contribution is 6.31. The van der Waals surface area contributed by atoms with Crippen LogP contribution in [0.5, 0.6) is 0 Å². The Hall–Kier alpha value is -2.32. The van der Waals surface area contributed by atoms with E-state index in [-0.39, 0.29) is 11.3 Å². The van der Waals surface area contributed by atoms with E-state index in [4.69, 9.17) is 16.9 Å². The van der Waals surface area contributed by atoms with Gasteiger partial charge in [0.1, 0.15) is 11.7 Å². The van der Waals surface area contributed by atoms with Gasteiger partial charge in [-0.25, -0.2) is 0 Å². The van der Waals surface area contributed by atoms with Gasteiger partial charge in [-0.15, -0.1) is 0 Å². The molecule has 0 radical (unpaired) electrons. The number of aromatic nitrogens is 3. The second-order valence-electron chi connectivity index (χ2n) is 4.12. The van der Waals surface area contributed by atoms with Crippen LogP contribution in [-0.4, -0.2) is 14.2 Å². The summed E-state index contributed by atoms with van der Waals surface area (Å²) < 4.78 is 3.18. The first-order valence-corrected chi connectivity index (χ1v) is 6.15. The molecule has 0 fully saturated rings. The third-order valence-corrected chi connectivity index (χ3v) is 3.31. The molecule has 19 heavy (non-hydrogen) atoms.